The van der Waals surface area contributed by atoms with Crippen molar-refractivity contribution in [1.82, 2.24) is 5.43 Å². The first-order chi connectivity index (χ1) is 20.9. The maximum Gasteiger partial charge on any atom is 0.337 e. The third-order valence-corrected chi connectivity index (χ3v) is 8.11. The lowest BCUT2D eigenvalue weighted by molar-refractivity contribution is -0.109. The number of amides is 1. The summed E-state index contributed by atoms with van der Waals surface area (Å²) in [6, 6.07) is 26.1. The van der Waals surface area contributed by atoms with E-state index in [2.05, 4.69) is 10.5 Å². The Balaban J connectivity index is 1.38. The topological polar surface area (TPSA) is 114 Å². The molecule has 218 valence electrons. The van der Waals surface area contributed by atoms with Gasteiger partial charge < -0.3 is 20.2 Å². The van der Waals surface area contributed by atoms with Gasteiger partial charge in [0.25, 0.3) is 5.91 Å². The second-order valence-corrected chi connectivity index (χ2v) is 11.0. The summed E-state index contributed by atoms with van der Waals surface area (Å²) in [5, 5.41) is 4.37. The van der Waals surface area contributed by atoms with Crippen LogP contribution in [0.3, 0.4) is 0 Å². The molecule has 4 aromatic rings. The molecular weight excluding hydrogens is 567 g/mol. The maximum absolute atomic E-state index is 14.3. The van der Waals surface area contributed by atoms with Gasteiger partial charge in [0.15, 0.2) is 0 Å². The highest BCUT2D eigenvalue weighted by atomic mass is 32.2. The molecule has 1 aliphatic heterocycles. The number of rotatable bonds is 10. The van der Waals surface area contributed by atoms with Crippen LogP contribution in [0, 0.1) is 5.82 Å². The van der Waals surface area contributed by atoms with E-state index in [1.54, 1.807) is 23.9 Å². The Hall–Kier alpha value is -4.96. The van der Waals surface area contributed by atoms with E-state index in [0.29, 0.717) is 11.3 Å². The average molecular weight is 597 g/mol. The van der Waals surface area contributed by atoms with Gasteiger partial charge in [0.2, 0.25) is 0 Å². The van der Waals surface area contributed by atoms with Gasteiger partial charge in [-0.05, 0) is 60.0 Å². The number of hydrogen-bond acceptors (Lipinski definition) is 8. The Morgan fingerprint density at radius 3 is 2.53 bits per heavy atom. The molecule has 0 saturated carbocycles. The van der Waals surface area contributed by atoms with E-state index in [1.807, 2.05) is 65.6 Å². The molecule has 1 amide bonds. The van der Waals surface area contributed by atoms with Crippen LogP contribution in [0.2, 0.25) is 0 Å². The predicted octanol–water partition coefficient (Wildman–Crippen LogP) is 5.42. The third kappa shape index (κ3) is 6.60. The molecule has 0 saturated heterocycles. The van der Waals surface area contributed by atoms with Crippen molar-refractivity contribution in [2.24, 2.45) is 5.10 Å². The number of hydrogen-bond donors (Lipinski definition) is 2. The number of anilines is 2. The average Bonchev–Trinajstić information content (AvgIpc) is 3.38. The van der Waals surface area contributed by atoms with Crippen molar-refractivity contribution < 1.29 is 23.5 Å². The Bertz CT molecular complexity index is 1660. The summed E-state index contributed by atoms with van der Waals surface area (Å²) in [7, 11) is 1.35. The molecule has 43 heavy (non-hydrogen) atoms. The number of nitrogens with one attached hydrogen (secondary N) is 1. The van der Waals surface area contributed by atoms with Gasteiger partial charge in [-0.2, -0.15) is 5.10 Å². The summed E-state index contributed by atoms with van der Waals surface area (Å²) in [5.41, 5.74) is 12.5. The number of ether oxygens (including phenoxy) is 1. The van der Waals surface area contributed by atoms with Gasteiger partial charge >= 0.3 is 5.97 Å². The SMILES string of the molecule is COC(=O)c1ccc(CCSc2ccc3c(c2)C(=NNC(=O)c2c(N)cccc2F)CN3C(C=O)c2ccccc2)cc1. The minimum Gasteiger partial charge on any atom is -0.465 e. The van der Waals surface area contributed by atoms with E-state index >= 15 is 0 Å². The number of benzene rings is 4. The minimum absolute atomic E-state index is 0.00914. The quantitative estimate of drug-likeness (QED) is 0.0826. The first-order valence-electron chi connectivity index (χ1n) is 13.5. The fourth-order valence-corrected chi connectivity index (χ4v) is 5.85. The number of nitrogens with two attached hydrogens (primary N) is 1. The molecule has 0 bridgehead atoms. The van der Waals surface area contributed by atoms with E-state index in [4.69, 9.17) is 10.5 Å². The molecule has 1 aliphatic rings. The molecule has 0 radical (unpaired) electrons. The van der Waals surface area contributed by atoms with Gasteiger partial charge in [-0.1, -0.05) is 48.5 Å². The first-order valence-corrected chi connectivity index (χ1v) is 14.5. The van der Waals surface area contributed by atoms with Crippen LogP contribution < -0.4 is 16.1 Å². The zero-order valence-electron chi connectivity index (χ0n) is 23.3. The number of aldehydes is 1. The largest absolute Gasteiger partial charge is 0.465 e. The smallest absolute Gasteiger partial charge is 0.337 e. The summed E-state index contributed by atoms with van der Waals surface area (Å²) in [4.78, 5) is 39.7. The van der Waals surface area contributed by atoms with Gasteiger partial charge in [0.05, 0.1) is 30.5 Å². The second-order valence-electron chi connectivity index (χ2n) is 9.79. The molecular formula is C33H29FN4O4S. The molecule has 1 atom stereocenters. The second kappa shape index (κ2) is 13.3. The molecule has 4 aromatic carbocycles. The molecule has 0 aliphatic carbocycles. The van der Waals surface area contributed by atoms with Gasteiger partial charge in [0.1, 0.15) is 18.1 Å². The van der Waals surface area contributed by atoms with Crippen LogP contribution in [-0.4, -0.2) is 43.3 Å². The number of carbonyl (C=O) groups is 3. The number of thioether (sulfide) groups is 1. The molecule has 8 nitrogen and oxygen atoms in total. The van der Waals surface area contributed by atoms with Crippen molar-refractivity contribution in [1.29, 1.82) is 0 Å². The van der Waals surface area contributed by atoms with E-state index < -0.39 is 17.8 Å². The molecule has 0 spiro atoms. The summed E-state index contributed by atoms with van der Waals surface area (Å²) in [6.45, 7) is 0.251. The number of nitrogens with zero attached hydrogens (tertiary/aromatic N) is 2. The number of esters is 1. The van der Waals surface area contributed by atoms with Crippen molar-refractivity contribution in [3.63, 3.8) is 0 Å². The number of hydrazone groups is 1. The van der Waals surface area contributed by atoms with Gasteiger partial charge in [0, 0.05) is 27.6 Å². The lowest BCUT2D eigenvalue weighted by Crippen LogP contribution is -2.30. The highest BCUT2D eigenvalue weighted by molar-refractivity contribution is 7.99. The zero-order chi connectivity index (χ0) is 30.3. The van der Waals surface area contributed by atoms with Crippen LogP contribution in [0.1, 0.15) is 43.4 Å². The number of halogens is 1. The minimum atomic E-state index is -0.762. The number of aryl methyl sites for hydroxylation is 1. The van der Waals surface area contributed by atoms with E-state index in [0.717, 1.165) is 51.8 Å². The van der Waals surface area contributed by atoms with E-state index in [9.17, 15) is 18.8 Å². The third-order valence-electron chi connectivity index (χ3n) is 7.11. The number of carbonyl (C=O) groups excluding carboxylic acids is 3. The predicted molar refractivity (Wildman–Crippen MR) is 166 cm³/mol. The first kappa shape index (κ1) is 29.5. The molecule has 5 rings (SSSR count). The lowest BCUT2D eigenvalue weighted by atomic mass is 10.1. The van der Waals surface area contributed by atoms with Crippen LogP contribution in [0.15, 0.2) is 101 Å². The van der Waals surface area contributed by atoms with Gasteiger partial charge in [-0.25, -0.2) is 14.6 Å². The standard InChI is InChI=1S/C33H29FN4O4S/c1-42-33(41)23-12-10-21(11-13-23)16-17-43-24-14-15-29-25(18-24)28(19-38(29)30(20-39)22-6-3-2-4-7-22)36-37-32(40)31-26(34)8-5-9-27(31)35/h2-15,18,20,30H,16-17,19,35H2,1H3,(H,37,40). The summed E-state index contributed by atoms with van der Waals surface area (Å²) in [5.74, 6) is -1.10. The monoisotopic (exact) mass is 596 g/mol. The molecule has 0 fully saturated rings. The number of methoxy groups -OCH3 is 1. The van der Waals surface area contributed by atoms with Crippen LogP contribution in [0.4, 0.5) is 15.8 Å². The van der Waals surface area contributed by atoms with Crippen LogP contribution >= 0.6 is 11.8 Å². The van der Waals surface area contributed by atoms with Crippen LogP contribution in [0.25, 0.3) is 0 Å². The summed E-state index contributed by atoms with van der Waals surface area (Å²) >= 11 is 1.65. The van der Waals surface area contributed by atoms with Crippen molar-refractivity contribution >= 4 is 47.0 Å². The lowest BCUT2D eigenvalue weighted by Gasteiger charge is -2.26. The molecule has 1 unspecified atom stereocenters. The zero-order valence-corrected chi connectivity index (χ0v) is 24.1. The maximum atomic E-state index is 14.3. The Morgan fingerprint density at radius 2 is 1.84 bits per heavy atom. The van der Waals surface area contributed by atoms with Crippen LogP contribution in [-0.2, 0) is 16.0 Å². The Morgan fingerprint density at radius 1 is 1.07 bits per heavy atom. The Labute approximate surface area is 252 Å². The molecule has 10 heteroatoms. The van der Waals surface area contributed by atoms with Gasteiger partial charge in [-0.3, -0.25) is 4.79 Å². The van der Waals surface area contributed by atoms with Crippen molar-refractivity contribution in [2.75, 3.05) is 30.0 Å². The molecule has 0 aromatic heterocycles. The van der Waals surface area contributed by atoms with Gasteiger partial charge in [-0.15, -0.1) is 11.8 Å². The highest BCUT2D eigenvalue weighted by Gasteiger charge is 2.32. The molecule has 1 heterocycles. The van der Waals surface area contributed by atoms with Crippen molar-refractivity contribution in [2.45, 2.75) is 17.4 Å². The van der Waals surface area contributed by atoms with E-state index in [-0.39, 0.29) is 23.8 Å². The van der Waals surface area contributed by atoms with Crippen molar-refractivity contribution in [3.05, 3.63) is 125 Å². The number of fused-ring (bicyclic) bond motifs is 1. The molecule has 3 N–H and O–H groups in total. The number of nitrogen functional groups attached to an aromatic ring is 1. The summed E-state index contributed by atoms with van der Waals surface area (Å²) < 4.78 is 19.1. The van der Waals surface area contributed by atoms with E-state index in [1.165, 1.54) is 19.2 Å². The normalized spacial score (nSPS) is 13.8. The fraction of sp³-hybridized carbons (Fsp3) is 0.152. The Kier molecular flexibility index (Phi) is 9.17. The summed E-state index contributed by atoms with van der Waals surface area (Å²) in [6.07, 6.45) is 1.66. The van der Waals surface area contributed by atoms with Crippen LogP contribution in [0.5, 0.6) is 0 Å². The highest BCUT2D eigenvalue weighted by Crippen LogP contribution is 2.37. The fourth-order valence-electron chi connectivity index (χ4n) is 4.91. The van der Waals surface area contributed by atoms with Crippen molar-refractivity contribution in [3.8, 4) is 0 Å².